The second kappa shape index (κ2) is 4.67. The van der Waals surface area contributed by atoms with Crippen molar-refractivity contribution in [2.45, 2.75) is 26.9 Å². The van der Waals surface area contributed by atoms with Crippen LogP contribution in [0.15, 0.2) is 24.3 Å². The quantitative estimate of drug-likeness (QED) is 0.787. The summed E-state index contributed by atoms with van der Waals surface area (Å²) in [5.41, 5.74) is 0.0928. The molecule has 1 unspecified atom stereocenters. The molecule has 0 bridgehead atoms. The second-order valence-corrected chi connectivity index (χ2v) is 4.95. The first-order valence-electron chi connectivity index (χ1n) is 5.29. The molecule has 4 nitrogen and oxygen atoms in total. The van der Waals surface area contributed by atoms with Gasteiger partial charge in [0.25, 0.3) is 0 Å². The number of carboxylic acids is 1. The van der Waals surface area contributed by atoms with Crippen LogP contribution in [0.25, 0.3) is 0 Å². The third-order valence-corrected chi connectivity index (χ3v) is 2.38. The van der Waals surface area contributed by atoms with E-state index in [1.807, 2.05) is 0 Å². The number of aliphatic hydroxyl groups excluding tert-OH is 1. The molecule has 0 aliphatic rings. The first-order chi connectivity index (χ1) is 7.73. The number of carboxylic acid groups (broad SMARTS) is 1. The van der Waals surface area contributed by atoms with Crippen molar-refractivity contribution in [2.24, 2.45) is 5.41 Å². The number of benzene rings is 1. The van der Waals surface area contributed by atoms with Crippen molar-refractivity contribution in [1.82, 2.24) is 0 Å². The molecule has 0 fully saturated rings. The smallest absolute Gasteiger partial charge is 0.337 e. The standard InChI is InChI=1S/C13H16O4/c1-13(2,3)11(15)9-6-4-5-8(7-9)10(14)12(16)17/h4-7,10,14H,1-3H3,(H,16,17). The number of ketones is 1. The highest BCUT2D eigenvalue weighted by molar-refractivity contribution is 6.00. The lowest BCUT2D eigenvalue weighted by Crippen LogP contribution is -2.20. The highest BCUT2D eigenvalue weighted by Gasteiger charge is 2.24. The Bertz CT molecular complexity index is 443. The first-order valence-corrected chi connectivity index (χ1v) is 5.29. The van der Waals surface area contributed by atoms with E-state index in [9.17, 15) is 14.7 Å². The summed E-state index contributed by atoms with van der Waals surface area (Å²) >= 11 is 0. The van der Waals surface area contributed by atoms with Gasteiger partial charge in [-0.2, -0.15) is 0 Å². The Labute approximate surface area is 99.9 Å². The van der Waals surface area contributed by atoms with Crippen LogP contribution in [0.1, 0.15) is 42.8 Å². The Morgan fingerprint density at radius 2 is 1.82 bits per heavy atom. The minimum Gasteiger partial charge on any atom is -0.479 e. The maximum absolute atomic E-state index is 12.0. The summed E-state index contributed by atoms with van der Waals surface area (Å²) in [7, 11) is 0. The molecule has 0 heterocycles. The van der Waals surface area contributed by atoms with E-state index >= 15 is 0 Å². The molecule has 0 saturated heterocycles. The van der Waals surface area contributed by atoms with Crippen molar-refractivity contribution in [2.75, 3.05) is 0 Å². The largest absolute Gasteiger partial charge is 0.479 e. The maximum Gasteiger partial charge on any atom is 0.337 e. The number of aliphatic hydroxyl groups is 1. The zero-order valence-electron chi connectivity index (χ0n) is 10.1. The molecular formula is C13H16O4. The summed E-state index contributed by atoms with van der Waals surface area (Å²) in [6.45, 7) is 5.36. The van der Waals surface area contributed by atoms with Gasteiger partial charge in [0, 0.05) is 11.0 Å². The number of hydrogen-bond donors (Lipinski definition) is 2. The van der Waals surface area contributed by atoms with Gasteiger partial charge in [0.05, 0.1) is 0 Å². The summed E-state index contributed by atoms with van der Waals surface area (Å²) in [4.78, 5) is 22.6. The van der Waals surface area contributed by atoms with E-state index in [4.69, 9.17) is 5.11 Å². The molecule has 0 spiro atoms. The minimum atomic E-state index is -1.59. The number of rotatable bonds is 3. The van der Waals surface area contributed by atoms with Crippen LogP contribution in [0, 0.1) is 5.41 Å². The van der Waals surface area contributed by atoms with Crippen molar-refractivity contribution in [3.63, 3.8) is 0 Å². The van der Waals surface area contributed by atoms with Crippen LogP contribution >= 0.6 is 0 Å². The van der Waals surface area contributed by atoms with Gasteiger partial charge >= 0.3 is 5.97 Å². The van der Waals surface area contributed by atoms with E-state index < -0.39 is 17.5 Å². The van der Waals surface area contributed by atoms with Crippen LogP contribution in [0.5, 0.6) is 0 Å². The fraction of sp³-hybridized carbons (Fsp3) is 0.385. The van der Waals surface area contributed by atoms with E-state index in [-0.39, 0.29) is 11.3 Å². The fourth-order valence-corrected chi connectivity index (χ4v) is 1.43. The molecule has 4 heteroatoms. The van der Waals surface area contributed by atoms with Gasteiger partial charge in [-0.15, -0.1) is 0 Å². The highest BCUT2D eigenvalue weighted by atomic mass is 16.4. The van der Waals surface area contributed by atoms with Gasteiger partial charge in [-0.1, -0.05) is 39.0 Å². The predicted molar refractivity (Wildman–Crippen MR) is 62.8 cm³/mol. The van der Waals surface area contributed by atoms with E-state index in [1.54, 1.807) is 32.9 Å². The normalized spacial score (nSPS) is 13.2. The molecule has 1 aromatic carbocycles. The van der Waals surface area contributed by atoms with Crippen LogP contribution in [0.2, 0.25) is 0 Å². The maximum atomic E-state index is 12.0. The van der Waals surface area contributed by atoms with E-state index in [0.29, 0.717) is 5.56 Å². The Hall–Kier alpha value is -1.68. The van der Waals surface area contributed by atoms with Crippen LogP contribution < -0.4 is 0 Å². The molecule has 92 valence electrons. The van der Waals surface area contributed by atoms with E-state index in [2.05, 4.69) is 0 Å². The average molecular weight is 236 g/mol. The Morgan fingerprint density at radius 3 is 2.29 bits per heavy atom. The minimum absolute atomic E-state index is 0.0862. The lowest BCUT2D eigenvalue weighted by molar-refractivity contribution is -0.146. The third kappa shape index (κ3) is 3.14. The van der Waals surface area contributed by atoms with Gasteiger partial charge in [-0.25, -0.2) is 4.79 Å². The van der Waals surface area contributed by atoms with Gasteiger partial charge < -0.3 is 10.2 Å². The molecule has 0 aromatic heterocycles. The third-order valence-electron chi connectivity index (χ3n) is 2.38. The van der Waals surface area contributed by atoms with Gasteiger partial charge in [0.1, 0.15) is 0 Å². The zero-order chi connectivity index (χ0) is 13.2. The van der Waals surface area contributed by atoms with Crippen molar-refractivity contribution < 1.29 is 19.8 Å². The lowest BCUT2D eigenvalue weighted by Gasteiger charge is -2.17. The van der Waals surface area contributed by atoms with Crippen LogP contribution in [-0.2, 0) is 4.79 Å². The predicted octanol–water partition coefficient (Wildman–Crippen LogP) is 2.03. The molecule has 1 rings (SSSR count). The van der Waals surface area contributed by atoms with Gasteiger partial charge in [-0.3, -0.25) is 4.79 Å². The molecule has 0 aliphatic heterocycles. The second-order valence-electron chi connectivity index (χ2n) is 4.95. The van der Waals surface area contributed by atoms with Crippen LogP contribution in [0.4, 0.5) is 0 Å². The van der Waals surface area contributed by atoms with Crippen LogP contribution in [-0.4, -0.2) is 22.0 Å². The van der Waals surface area contributed by atoms with Gasteiger partial charge in [0.15, 0.2) is 11.9 Å². The summed E-state index contributed by atoms with van der Waals surface area (Å²) in [5, 5.41) is 18.1. The lowest BCUT2D eigenvalue weighted by atomic mass is 9.86. The van der Waals surface area contributed by atoms with E-state index in [0.717, 1.165) is 0 Å². The number of hydrogen-bond acceptors (Lipinski definition) is 3. The topological polar surface area (TPSA) is 74.6 Å². The number of aliphatic carboxylic acids is 1. The number of carbonyl (C=O) groups is 2. The molecule has 1 aromatic rings. The van der Waals surface area contributed by atoms with Crippen molar-refractivity contribution in [3.8, 4) is 0 Å². The summed E-state index contributed by atoms with van der Waals surface area (Å²) in [6.07, 6.45) is -1.59. The first kappa shape index (κ1) is 13.4. The van der Waals surface area contributed by atoms with Crippen LogP contribution in [0.3, 0.4) is 0 Å². The Balaban J connectivity index is 3.10. The van der Waals surface area contributed by atoms with Crippen molar-refractivity contribution in [3.05, 3.63) is 35.4 Å². The Kier molecular flexibility index (Phi) is 3.68. The monoisotopic (exact) mass is 236 g/mol. The molecule has 0 amide bonds. The summed E-state index contributed by atoms with van der Waals surface area (Å²) in [5.74, 6) is -1.41. The fourth-order valence-electron chi connectivity index (χ4n) is 1.43. The van der Waals surface area contributed by atoms with Crippen molar-refractivity contribution >= 4 is 11.8 Å². The highest BCUT2D eigenvalue weighted by Crippen LogP contribution is 2.23. The van der Waals surface area contributed by atoms with Crippen molar-refractivity contribution in [1.29, 1.82) is 0 Å². The molecule has 17 heavy (non-hydrogen) atoms. The molecular weight excluding hydrogens is 220 g/mol. The molecule has 0 radical (unpaired) electrons. The Morgan fingerprint density at radius 1 is 1.24 bits per heavy atom. The zero-order valence-corrected chi connectivity index (χ0v) is 10.1. The summed E-state index contributed by atoms with van der Waals surface area (Å²) in [6, 6.07) is 6.09. The van der Waals surface area contributed by atoms with Gasteiger partial charge in [0.2, 0.25) is 0 Å². The average Bonchev–Trinajstić information content (AvgIpc) is 2.25. The molecule has 2 N–H and O–H groups in total. The molecule has 0 aliphatic carbocycles. The van der Waals surface area contributed by atoms with E-state index in [1.165, 1.54) is 12.1 Å². The molecule has 0 saturated carbocycles. The number of carbonyl (C=O) groups excluding carboxylic acids is 1. The van der Waals surface area contributed by atoms with Gasteiger partial charge in [-0.05, 0) is 11.6 Å². The summed E-state index contributed by atoms with van der Waals surface area (Å²) < 4.78 is 0. The number of Topliss-reactive ketones (excluding diaryl/α,β-unsaturated/α-hetero) is 1. The SMILES string of the molecule is CC(C)(C)C(=O)c1cccc(C(O)C(=O)O)c1. The molecule has 1 atom stereocenters.